The first kappa shape index (κ1) is 19.1. The molecule has 138 valence electrons. The molecule has 0 unspecified atom stereocenters. The highest BCUT2D eigenvalue weighted by Gasteiger charge is 2.10. The van der Waals surface area contributed by atoms with Gasteiger partial charge < -0.3 is 14.8 Å². The number of carbonyl (C=O) groups excluding carboxylic acids is 1. The summed E-state index contributed by atoms with van der Waals surface area (Å²) in [5.74, 6) is 0.836. The van der Waals surface area contributed by atoms with Crippen molar-refractivity contribution in [1.29, 1.82) is 0 Å². The van der Waals surface area contributed by atoms with E-state index in [1.165, 1.54) is 0 Å². The Morgan fingerprint density at radius 3 is 2.52 bits per heavy atom. The lowest BCUT2D eigenvalue weighted by molar-refractivity contribution is 0.0977. The molecule has 0 atom stereocenters. The number of aliphatic hydroxyl groups is 1. The van der Waals surface area contributed by atoms with E-state index in [2.05, 4.69) is 10.6 Å². The van der Waals surface area contributed by atoms with Gasteiger partial charge in [-0.05, 0) is 73.2 Å². The number of furan rings is 1. The molecule has 0 bridgehead atoms. The number of hydrogen-bond acceptors (Lipinski definition) is 4. The summed E-state index contributed by atoms with van der Waals surface area (Å²) in [7, 11) is 0. The van der Waals surface area contributed by atoms with E-state index in [9.17, 15) is 4.79 Å². The summed E-state index contributed by atoms with van der Waals surface area (Å²) >= 11 is 11.2. The van der Waals surface area contributed by atoms with Gasteiger partial charge in [-0.15, -0.1) is 0 Å². The summed E-state index contributed by atoms with van der Waals surface area (Å²) < 4.78 is 5.50. The number of amides is 1. The summed E-state index contributed by atoms with van der Waals surface area (Å²) in [5, 5.41) is 15.4. The van der Waals surface area contributed by atoms with E-state index in [1.807, 2.05) is 31.2 Å². The number of benzene rings is 2. The maximum absolute atomic E-state index is 12.2. The molecule has 0 aliphatic rings. The van der Waals surface area contributed by atoms with Crippen LogP contribution in [-0.4, -0.2) is 16.1 Å². The van der Waals surface area contributed by atoms with Crippen LogP contribution in [-0.2, 0) is 6.61 Å². The molecule has 0 fully saturated rings. The zero-order chi connectivity index (χ0) is 19.4. The van der Waals surface area contributed by atoms with E-state index < -0.39 is 0 Å². The van der Waals surface area contributed by atoms with E-state index >= 15 is 0 Å². The summed E-state index contributed by atoms with van der Waals surface area (Å²) in [4.78, 5) is 12.2. The summed E-state index contributed by atoms with van der Waals surface area (Å²) in [6.07, 6.45) is 0. The third-order valence-corrected chi connectivity index (χ3v) is 4.52. The fraction of sp³-hybridized carbons (Fsp3) is 0.100. The molecule has 0 saturated heterocycles. The first-order chi connectivity index (χ1) is 13.0. The van der Waals surface area contributed by atoms with Gasteiger partial charge in [-0.3, -0.25) is 10.1 Å². The van der Waals surface area contributed by atoms with Crippen LogP contribution in [0.2, 0.25) is 5.02 Å². The molecule has 1 amide bonds. The van der Waals surface area contributed by atoms with Crippen molar-refractivity contribution < 1.29 is 14.3 Å². The van der Waals surface area contributed by atoms with Crippen molar-refractivity contribution in [1.82, 2.24) is 5.32 Å². The Morgan fingerprint density at radius 2 is 1.89 bits per heavy atom. The minimum atomic E-state index is -0.335. The molecule has 27 heavy (non-hydrogen) atoms. The lowest BCUT2D eigenvalue weighted by atomic mass is 10.1. The molecular weight excluding hydrogens is 384 g/mol. The molecule has 0 spiro atoms. The Kier molecular flexibility index (Phi) is 5.91. The number of aliphatic hydroxyl groups excluding tert-OH is 1. The molecule has 1 heterocycles. The minimum Gasteiger partial charge on any atom is -0.459 e. The number of rotatable bonds is 4. The van der Waals surface area contributed by atoms with Crippen molar-refractivity contribution in [3.63, 3.8) is 0 Å². The van der Waals surface area contributed by atoms with Crippen LogP contribution < -0.4 is 10.6 Å². The molecule has 0 aliphatic carbocycles. The van der Waals surface area contributed by atoms with Gasteiger partial charge in [-0.2, -0.15) is 0 Å². The maximum atomic E-state index is 12.2. The predicted octanol–water partition coefficient (Wildman–Crippen LogP) is 4.53. The normalized spacial score (nSPS) is 10.5. The molecule has 7 heteroatoms. The Bertz CT molecular complexity index is 983. The summed E-state index contributed by atoms with van der Waals surface area (Å²) in [6.45, 7) is 1.73. The molecule has 0 aliphatic heterocycles. The van der Waals surface area contributed by atoms with Crippen LogP contribution in [0.5, 0.6) is 0 Å². The smallest absolute Gasteiger partial charge is 0.257 e. The third kappa shape index (κ3) is 4.74. The molecule has 2 aromatic carbocycles. The van der Waals surface area contributed by atoms with E-state index in [4.69, 9.17) is 33.3 Å². The third-order valence-electron chi connectivity index (χ3n) is 3.91. The largest absolute Gasteiger partial charge is 0.459 e. The number of nitrogens with one attached hydrogen (secondary N) is 2. The highest BCUT2D eigenvalue weighted by molar-refractivity contribution is 7.80. The minimum absolute atomic E-state index is 0.139. The monoisotopic (exact) mass is 400 g/mol. The van der Waals surface area contributed by atoms with Crippen molar-refractivity contribution in [2.45, 2.75) is 13.5 Å². The first-order valence-corrected chi connectivity index (χ1v) is 8.93. The van der Waals surface area contributed by atoms with Gasteiger partial charge in [0.05, 0.1) is 0 Å². The Balaban J connectivity index is 1.62. The molecule has 3 rings (SSSR count). The van der Waals surface area contributed by atoms with Crippen LogP contribution in [0.4, 0.5) is 5.69 Å². The van der Waals surface area contributed by atoms with Crippen molar-refractivity contribution in [3.8, 4) is 11.3 Å². The molecule has 0 radical (unpaired) electrons. The van der Waals surface area contributed by atoms with Gasteiger partial charge in [0.2, 0.25) is 0 Å². The van der Waals surface area contributed by atoms with E-state index in [0.29, 0.717) is 22.1 Å². The van der Waals surface area contributed by atoms with Crippen molar-refractivity contribution in [2.24, 2.45) is 0 Å². The highest BCUT2D eigenvalue weighted by Crippen LogP contribution is 2.24. The second-order valence-corrected chi connectivity index (χ2v) is 6.69. The SMILES string of the molecule is Cc1ccc(C(=O)NC(=S)Nc2ccc(-c3ccc(CO)o3)cc2)cc1Cl. The fourth-order valence-corrected chi connectivity index (χ4v) is 2.80. The maximum Gasteiger partial charge on any atom is 0.257 e. The van der Waals surface area contributed by atoms with Crippen LogP contribution in [0, 0.1) is 6.92 Å². The first-order valence-electron chi connectivity index (χ1n) is 8.15. The Labute approximate surface area is 167 Å². The van der Waals surface area contributed by atoms with E-state index in [0.717, 1.165) is 16.8 Å². The molecule has 5 nitrogen and oxygen atoms in total. The lowest BCUT2D eigenvalue weighted by Gasteiger charge is -2.10. The molecule has 0 saturated carbocycles. The number of hydrogen-bond donors (Lipinski definition) is 3. The number of thiocarbonyl (C=S) groups is 1. The molecule has 1 aromatic heterocycles. The second-order valence-electron chi connectivity index (χ2n) is 5.87. The second kappa shape index (κ2) is 8.35. The zero-order valence-corrected chi connectivity index (χ0v) is 16.0. The Morgan fingerprint density at radius 1 is 1.15 bits per heavy atom. The van der Waals surface area contributed by atoms with Crippen molar-refractivity contribution >= 4 is 40.5 Å². The van der Waals surface area contributed by atoms with Crippen LogP contribution in [0.25, 0.3) is 11.3 Å². The van der Waals surface area contributed by atoms with Gasteiger partial charge in [0, 0.05) is 21.8 Å². The zero-order valence-electron chi connectivity index (χ0n) is 14.5. The van der Waals surface area contributed by atoms with Crippen LogP contribution >= 0.6 is 23.8 Å². The number of anilines is 1. The molecule has 3 aromatic rings. The number of aryl methyl sites for hydroxylation is 1. The van der Waals surface area contributed by atoms with E-state index in [-0.39, 0.29) is 17.6 Å². The standard InChI is InChI=1S/C20H17ClN2O3S/c1-12-2-3-14(10-17(12)21)19(25)23-20(27)22-15-6-4-13(5-7-15)18-9-8-16(11-24)26-18/h2-10,24H,11H2,1H3,(H2,22,23,25,27). The Hall–Kier alpha value is -2.67. The molecule has 3 N–H and O–H groups in total. The molecular formula is C20H17ClN2O3S. The van der Waals surface area contributed by atoms with Crippen molar-refractivity contribution in [2.75, 3.05) is 5.32 Å². The quantitative estimate of drug-likeness (QED) is 0.561. The lowest BCUT2D eigenvalue weighted by Crippen LogP contribution is -2.34. The number of carbonyl (C=O) groups is 1. The summed E-state index contributed by atoms with van der Waals surface area (Å²) in [6, 6.07) is 15.9. The van der Waals surface area contributed by atoms with Gasteiger partial charge in [0.1, 0.15) is 18.1 Å². The van der Waals surface area contributed by atoms with Crippen LogP contribution in [0.3, 0.4) is 0 Å². The predicted molar refractivity (Wildman–Crippen MR) is 110 cm³/mol. The summed E-state index contributed by atoms with van der Waals surface area (Å²) in [5.41, 5.74) is 2.92. The van der Waals surface area contributed by atoms with Gasteiger partial charge in [0.15, 0.2) is 5.11 Å². The van der Waals surface area contributed by atoms with Crippen LogP contribution in [0.1, 0.15) is 21.7 Å². The van der Waals surface area contributed by atoms with Gasteiger partial charge in [-0.1, -0.05) is 17.7 Å². The van der Waals surface area contributed by atoms with Gasteiger partial charge in [0.25, 0.3) is 5.91 Å². The van der Waals surface area contributed by atoms with Crippen molar-refractivity contribution in [3.05, 3.63) is 76.5 Å². The average molecular weight is 401 g/mol. The average Bonchev–Trinajstić information content (AvgIpc) is 3.13. The van der Waals surface area contributed by atoms with Crippen LogP contribution in [0.15, 0.2) is 59.0 Å². The highest BCUT2D eigenvalue weighted by atomic mass is 35.5. The van der Waals surface area contributed by atoms with Gasteiger partial charge in [-0.25, -0.2) is 0 Å². The van der Waals surface area contributed by atoms with Gasteiger partial charge >= 0.3 is 0 Å². The van der Waals surface area contributed by atoms with E-state index in [1.54, 1.807) is 30.3 Å². The topological polar surface area (TPSA) is 74.5 Å². The fourth-order valence-electron chi connectivity index (χ4n) is 2.41. The number of halogens is 1.